The van der Waals surface area contributed by atoms with Crippen molar-refractivity contribution >= 4 is 39.2 Å². The summed E-state index contributed by atoms with van der Waals surface area (Å²) in [5.41, 5.74) is 1.47. The maximum atomic E-state index is 13.9. The van der Waals surface area contributed by atoms with Crippen molar-refractivity contribution in [2.45, 2.75) is 31.7 Å². The lowest BCUT2D eigenvalue weighted by atomic mass is 9.96. The molecule has 0 spiro atoms. The molecule has 1 aromatic heterocycles. The number of rotatable bonds is 11. The zero-order valence-electron chi connectivity index (χ0n) is 25.5. The monoisotopic (exact) mass is 675 g/mol. The number of carbonyl (C=O) groups excluding carboxylic acids is 1. The van der Waals surface area contributed by atoms with Gasteiger partial charge in [-0.15, -0.1) is 0 Å². The Morgan fingerprint density at radius 3 is 2.40 bits per heavy atom. The molecule has 0 fully saturated rings. The van der Waals surface area contributed by atoms with Crippen LogP contribution in [0.3, 0.4) is 0 Å². The molecule has 4 aromatic rings. The summed E-state index contributed by atoms with van der Waals surface area (Å²) in [5.74, 6) is -0.00675. The smallest absolute Gasteiger partial charge is 0.339 e. The second-order valence-electron chi connectivity index (χ2n) is 10.3. The van der Waals surface area contributed by atoms with Gasteiger partial charge in [0.05, 0.1) is 33.4 Å². The Labute approximate surface area is 273 Å². The largest absolute Gasteiger partial charge is 0.490 e. The Kier molecular flexibility index (Phi) is 9.54. The van der Waals surface area contributed by atoms with E-state index < -0.39 is 27.1 Å². The highest BCUT2D eigenvalue weighted by Gasteiger charge is 2.33. The van der Waals surface area contributed by atoms with E-state index >= 15 is 0 Å². The average molecular weight is 676 g/mol. The number of nitro groups is 1. The van der Waals surface area contributed by atoms with Gasteiger partial charge < -0.3 is 13.7 Å². The van der Waals surface area contributed by atoms with Gasteiger partial charge in [-0.2, -0.15) is 8.42 Å². The van der Waals surface area contributed by atoms with E-state index in [0.29, 0.717) is 44.1 Å². The van der Waals surface area contributed by atoms with Crippen LogP contribution in [-0.4, -0.2) is 37.1 Å². The standard InChI is InChI=1S/C33H29N3O9S2/c1-5-17-44-24-14-10-23(11-15-24)30-29(32(38)43-6-2)21(4)34-33-35(30)31(37)28(46-33)18-22-8-12-25(13-9-22)45-47(41,42)26-16-7-20(3)27(19-26)36(39)40/h5,7-16,18-19,30H,1,6,17H2,2-4H3/b28-18-/t30-/m1/s1. The van der Waals surface area contributed by atoms with E-state index in [1.807, 2.05) is 0 Å². The van der Waals surface area contributed by atoms with Gasteiger partial charge in [0, 0.05) is 11.6 Å². The van der Waals surface area contributed by atoms with Gasteiger partial charge >= 0.3 is 16.1 Å². The van der Waals surface area contributed by atoms with Gasteiger partial charge in [0.2, 0.25) is 0 Å². The van der Waals surface area contributed by atoms with Crippen molar-refractivity contribution in [3.8, 4) is 11.5 Å². The van der Waals surface area contributed by atoms with Crippen LogP contribution in [-0.2, 0) is 19.6 Å². The fraction of sp³-hybridized carbons (Fsp3) is 0.182. The predicted octanol–water partition coefficient (Wildman–Crippen LogP) is 4.35. The van der Waals surface area contributed by atoms with Gasteiger partial charge in [0.25, 0.3) is 11.2 Å². The molecule has 0 radical (unpaired) electrons. The second-order valence-corrected chi connectivity index (χ2v) is 12.8. The molecule has 14 heteroatoms. The fourth-order valence-electron chi connectivity index (χ4n) is 4.90. The number of thiazole rings is 1. The molecule has 47 heavy (non-hydrogen) atoms. The number of ether oxygens (including phenoxy) is 2. The normalized spacial score (nSPS) is 14.6. The zero-order chi connectivity index (χ0) is 33.9. The molecule has 2 heterocycles. The summed E-state index contributed by atoms with van der Waals surface area (Å²) < 4.78 is 43.6. The minimum absolute atomic E-state index is 0.0259. The van der Waals surface area contributed by atoms with Crippen LogP contribution in [0, 0.1) is 17.0 Å². The molecule has 5 rings (SSSR count). The van der Waals surface area contributed by atoms with E-state index in [9.17, 15) is 28.1 Å². The van der Waals surface area contributed by atoms with Crippen LogP contribution in [0.2, 0.25) is 0 Å². The lowest BCUT2D eigenvalue weighted by molar-refractivity contribution is -0.385. The summed E-state index contributed by atoms with van der Waals surface area (Å²) in [6, 6.07) is 15.7. The lowest BCUT2D eigenvalue weighted by Crippen LogP contribution is -2.39. The summed E-state index contributed by atoms with van der Waals surface area (Å²) in [6.07, 6.45) is 3.25. The van der Waals surface area contributed by atoms with Crippen molar-refractivity contribution in [2.75, 3.05) is 13.2 Å². The Morgan fingerprint density at radius 2 is 1.77 bits per heavy atom. The number of nitrogens with zero attached hydrogens (tertiary/aromatic N) is 3. The summed E-state index contributed by atoms with van der Waals surface area (Å²) in [6.45, 7) is 9.01. The highest BCUT2D eigenvalue weighted by molar-refractivity contribution is 7.87. The first-order chi connectivity index (χ1) is 22.4. The molecule has 0 saturated heterocycles. The molecular weight excluding hydrogens is 647 g/mol. The number of allylic oxidation sites excluding steroid dienone is 1. The van der Waals surface area contributed by atoms with Crippen LogP contribution in [0.4, 0.5) is 5.69 Å². The van der Waals surface area contributed by atoms with Crippen molar-refractivity contribution < 1.29 is 31.8 Å². The van der Waals surface area contributed by atoms with Crippen LogP contribution < -0.4 is 23.8 Å². The molecule has 242 valence electrons. The van der Waals surface area contributed by atoms with Crippen molar-refractivity contribution in [2.24, 2.45) is 4.99 Å². The fourth-order valence-corrected chi connectivity index (χ4v) is 6.89. The Balaban J connectivity index is 1.49. The van der Waals surface area contributed by atoms with E-state index in [0.717, 1.165) is 17.4 Å². The number of nitro benzene ring substituents is 1. The third kappa shape index (κ3) is 6.93. The van der Waals surface area contributed by atoms with E-state index in [4.69, 9.17) is 13.7 Å². The highest BCUT2D eigenvalue weighted by Crippen LogP contribution is 2.32. The number of aryl methyl sites for hydroxylation is 1. The van der Waals surface area contributed by atoms with Crippen LogP contribution in [0.25, 0.3) is 6.08 Å². The van der Waals surface area contributed by atoms with Crippen LogP contribution in [0.5, 0.6) is 11.5 Å². The lowest BCUT2D eigenvalue weighted by Gasteiger charge is -2.24. The van der Waals surface area contributed by atoms with Crippen molar-refractivity contribution in [3.63, 3.8) is 0 Å². The summed E-state index contributed by atoms with van der Waals surface area (Å²) in [4.78, 5) is 42.2. The molecule has 1 atom stereocenters. The quantitative estimate of drug-likeness (QED) is 0.0742. The molecule has 12 nitrogen and oxygen atoms in total. The number of hydrogen-bond acceptors (Lipinski definition) is 11. The minimum Gasteiger partial charge on any atom is -0.490 e. The van der Waals surface area contributed by atoms with Crippen molar-refractivity contribution in [3.05, 3.63) is 137 Å². The summed E-state index contributed by atoms with van der Waals surface area (Å²) in [5, 5.41) is 11.3. The van der Waals surface area contributed by atoms with Crippen LogP contribution in [0.1, 0.15) is 36.6 Å². The maximum absolute atomic E-state index is 13.9. The molecule has 1 aliphatic heterocycles. The molecule has 0 unspecified atom stereocenters. The first-order valence-electron chi connectivity index (χ1n) is 14.3. The topological polar surface area (TPSA) is 156 Å². The molecule has 0 bridgehead atoms. The number of esters is 1. The third-order valence-corrected chi connectivity index (χ3v) is 9.36. The highest BCUT2D eigenvalue weighted by atomic mass is 32.2. The maximum Gasteiger partial charge on any atom is 0.339 e. The van der Waals surface area contributed by atoms with Gasteiger partial charge in [0.15, 0.2) is 4.80 Å². The molecule has 1 aliphatic rings. The predicted molar refractivity (Wildman–Crippen MR) is 175 cm³/mol. The number of fused-ring (bicyclic) bond motifs is 1. The van der Waals surface area contributed by atoms with E-state index in [2.05, 4.69) is 11.6 Å². The van der Waals surface area contributed by atoms with Gasteiger partial charge in [-0.1, -0.05) is 54.3 Å². The Bertz CT molecular complexity index is 2200. The van der Waals surface area contributed by atoms with Gasteiger partial charge in [-0.05, 0) is 68.3 Å². The molecule has 3 aromatic carbocycles. The van der Waals surface area contributed by atoms with E-state index in [-0.39, 0.29) is 34.1 Å². The Morgan fingerprint density at radius 1 is 1.09 bits per heavy atom. The first kappa shape index (κ1) is 33.0. The minimum atomic E-state index is -4.36. The van der Waals surface area contributed by atoms with Crippen LogP contribution in [0.15, 0.2) is 105 Å². The third-order valence-electron chi connectivity index (χ3n) is 7.13. The van der Waals surface area contributed by atoms with Gasteiger partial charge in [-0.25, -0.2) is 9.79 Å². The van der Waals surface area contributed by atoms with Gasteiger partial charge in [-0.3, -0.25) is 19.5 Å². The number of benzene rings is 3. The summed E-state index contributed by atoms with van der Waals surface area (Å²) in [7, 11) is -4.36. The van der Waals surface area contributed by atoms with Crippen molar-refractivity contribution in [1.82, 2.24) is 4.57 Å². The molecule has 0 saturated carbocycles. The van der Waals surface area contributed by atoms with Crippen LogP contribution >= 0.6 is 11.3 Å². The van der Waals surface area contributed by atoms with E-state index in [1.165, 1.54) is 35.8 Å². The molecule has 0 amide bonds. The SMILES string of the molecule is C=CCOc1ccc([C@@H]2C(C(=O)OCC)=C(C)N=c3s/c(=C\c4ccc(OS(=O)(=O)c5ccc(C)c([N+](=O)[O-])c5)cc4)c(=O)n32)cc1. The first-order valence-corrected chi connectivity index (χ1v) is 16.5. The number of hydrogen-bond donors (Lipinski definition) is 0. The van der Waals surface area contributed by atoms with E-state index in [1.54, 1.807) is 62.4 Å². The average Bonchev–Trinajstić information content (AvgIpc) is 3.34. The zero-order valence-corrected chi connectivity index (χ0v) is 27.2. The van der Waals surface area contributed by atoms with Gasteiger partial charge in [0.1, 0.15) is 23.0 Å². The second kappa shape index (κ2) is 13.6. The van der Waals surface area contributed by atoms with Crippen molar-refractivity contribution in [1.29, 1.82) is 0 Å². The Hall–Kier alpha value is -5.34. The molecule has 0 aliphatic carbocycles. The number of aromatic nitrogens is 1. The molecule has 0 N–H and O–H groups in total. The summed E-state index contributed by atoms with van der Waals surface area (Å²) >= 11 is 1.14. The molecular formula is C33H29N3O9S2. The number of carbonyl (C=O) groups is 1.